The fraction of sp³-hybridized carbons (Fsp3) is 0.353. The van der Waals surface area contributed by atoms with Crippen LogP contribution in [0.5, 0.6) is 0 Å². The predicted octanol–water partition coefficient (Wildman–Crippen LogP) is 3.71. The van der Waals surface area contributed by atoms with Gasteiger partial charge in [0.15, 0.2) is 5.16 Å². The highest BCUT2D eigenvalue weighted by molar-refractivity contribution is 7.98. The van der Waals surface area contributed by atoms with Crippen molar-refractivity contribution < 1.29 is 0 Å². The molecule has 3 aromatic rings. The first-order valence-electron chi connectivity index (χ1n) is 7.85. The Morgan fingerprint density at radius 2 is 1.96 bits per heavy atom. The Labute approximate surface area is 139 Å². The average molecular weight is 325 g/mol. The largest absolute Gasteiger partial charge is 0.306 e. The van der Waals surface area contributed by atoms with Crippen LogP contribution < -0.4 is 0 Å². The summed E-state index contributed by atoms with van der Waals surface area (Å²) < 4.78 is 4.19. The topological polar surface area (TPSA) is 48.5 Å². The molecule has 118 valence electrons. The third-order valence-electron chi connectivity index (χ3n) is 4.04. The lowest BCUT2D eigenvalue weighted by atomic mass is 10.2. The summed E-state index contributed by atoms with van der Waals surface area (Å²) in [4.78, 5) is 0. The van der Waals surface area contributed by atoms with Gasteiger partial charge in [-0.05, 0) is 50.5 Å². The van der Waals surface area contributed by atoms with E-state index >= 15 is 0 Å². The molecule has 0 unspecified atom stereocenters. The quantitative estimate of drug-likeness (QED) is 0.671. The second-order valence-electron chi connectivity index (χ2n) is 6.05. The van der Waals surface area contributed by atoms with Crippen molar-refractivity contribution in [1.29, 1.82) is 0 Å². The molecule has 0 aliphatic heterocycles. The van der Waals surface area contributed by atoms with Crippen LogP contribution in [0.3, 0.4) is 0 Å². The summed E-state index contributed by atoms with van der Waals surface area (Å²) in [5.74, 6) is 0.906. The van der Waals surface area contributed by atoms with Crippen LogP contribution in [0.4, 0.5) is 0 Å². The Morgan fingerprint density at radius 1 is 1.17 bits per heavy atom. The Hall–Kier alpha value is -2.08. The van der Waals surface area contributed by atoms with E-state index in [-0.39, 0.29) is 0 Å². The van der Waals surface area contributed by atoms with Crippen LogP contribution >= 0.6 is 11.8 Å². The molecular formula is C17H19N5S. The van der Waals surface area contributed by atoms with Crippen molar-refractivity contribution in [3.05, 3.63) is 53.6 Å². The molecule has 2 heterocycles. The molecule has 1 fully saturated rings. The van der Waals surface area contributed by atoms with Crippen molar-refractivity contribution in [3.63, 3.8) is 0 Å². The highest BCUT2D eigenvalue weighted by Gasteiger charge is 2.26. The van der Waals surface area contributed by atoms with Gasteiger partial charge in [0.1, 0.15) is 6.33 Å². The lowest BCUT2D eigenvalue weighted by molar-refractivity contribution is 0.663. The van der Waals surface area contributed by atoms with Crippen molar-refractivity contribution >= 4 is 11.8 Å². The van der Waals surface area contributed by atoms with E-state index in [0.29, 0.717) is 6.04 Å². The van der Waals surface area contributed by atoms with Crippen LogP contribution in [-0.2, 0) is 5.75 Å². The van der Waals surface area contributed by atoms with Gasteiger partial charge in [0, 0.05) is 17.5 Å². The van der Waals surface area contributed by atoms with Crippen LogP contribution in [0.2, 0.25) is 0 Å². The van der Waals surface area contributed by atoms with E-state index in [2.05, 4.69) is 57.1 Å². The molecule has 1 aliphatic carbocycles. The van der Waals surface area contributed by atoms with Crippen molar-refractivity contribution in [2.24, 2.45) is 0 Å². The standard InChI is InChI=1S/C17H19N5S/c1-12-9-13(2)22(20-12)16-5-3-14(4-6-16)10-23-17-19-18-11-21(17)15-7-8-15/h3-6,9,11,15H,7-8,10H2,1-2H3. The molecule has 1 saturated carbocycles. The summed E-state index contributed by atoms with van der Waals surface area (Å²) in [6, 6.07) is 11.3. The summed E-state index contributed by atoms with van der Waals surface area (Å²) >= 11 is 1.75. The second-order valence-corrected chi connectivity index (χ2v) is 6.99. The molecule has 1 aliphatic rings. The molecule has 0 bridgehead atoms. The minimum absolute atomic E-state index is 0.626. The molecule has 0 N–H and O–H groups in total. The molecule has 0 radical (unpaired) electrons. The molecule has 2 aromatic heterocycles. The van der Waals surface area contributed by atoms with Crippen molar-refractivity contribution in [3.8, 4) is 5.69 Å². The first-order chi connectivity index (χ1) is 11.2. The van der Waals surface area contributed by atoms with Crippen LogP contribution in [0, 0.1) is 13.8 Å². The molecule has 0 saturated heterocycles. The van der Waals surface area contributed by atoms with E-state index < -0.39 is 0 Å². The van der Waals surface area contributed by atoms with Gasteiger partial charge in [-0.2, -0.15) is 5.10 Å². The average Bonchev–Trinajstić information content (AvgIpc) is 3.19. The van der Waals surface area contributed by atoms with E-state index in [9.17, 15) is 0 Å². The number of hydrogen-bond acceptors (Lipinski definition) is 4. The molecule has 5 nitrogen and oxygen atoms in total. The highest BCUT2D eigenvalue weighted by Crippen LogP contribution is 2.37. The fourth-order valence-corrected chi connectivity index (χ4v) is 3.65. The monoisotopic (exact) mass is 325 g/mol. The van der Waals surface area contributed by atoms with Crippen molar-refractivity contribution in [2.75, 3.05) is 0 Å². The van der Waals surface area contributed by atoms with Gasteiger partial charge in [-0.15, -0.1) is 10.2 Å². The van der Waals surface area contributed by atoms with E-state index in [1.165, 1.54) is 18.4 Å². The summed E-state index contributed by atoms with van der Waals surface area (Å²) in [7, 11) is 0. The van der Waals surface area contributed by atoms with Gasteiger partial charge < -0.3 is 4.57 Å². The summed E-state index contributed by atoms with van der Waals surface area (Å²) in [6.07, 6.45) is 4.36. The minimum atomic E-state index is 0.626. The van der Waals surface area contributed by atoms with Crippen LogP contribution in [0.15, 0.2) is 41.8 Å². The molecule has 23 heavy (non-hydrogen) atoms. The normalized spacial score (nSPS) is 14.3. The maximum atomic E-state index is 4.52. The van der Waals surface area contributed by atoms with Crippen molar-refractivity contribution in [1.82, 2.24) is 24.5 Å². The van der Waals surface area contributed by atoms with Crippen LogP contribution in [0.25, 0.3) is 5.69 Å². The molecule has 0 atom stereocenters. The first-order valence-corrected chi connectivity index (χ1v) is 8.84. The summed E-state index contributed by atoms with van der Waals surface area (Å²) in [6.45, 7) is 4.10. The first kappa shape index (κ1) is 14.5. The van der Waals surface area contributed by atoms with Gasteiger partial charge in [-0.1, -0.05) is 23.9 Å². The SMILES string of the molecule is Cc1cc(C)n(-c2ccc(CSc3nncn3C3CC3)cc2)n1. The zero-order valence-electron chi connectivity index (χ0n) is 13.3. The van der Waals surface area contributed by atoms with Crippen molar-refractivity contribution in [2.45, 2.75) is 43.6 Å². The third-order valence-corrected chi connectivity index (χ3v) is 5.07. The Balaban J connectivity index is 1.46. The number of aryl methyl sites for hydroxylation is 2. The number of aromatic nitrogens is 5. The van der Waals surface area contributed by atoms with Gasteiger partial charge in [-0.25, -0.2) is 4.68 Å². The zero-order valence-corrected chi connectivity index (χ0v) is 14.1. The molecule has 4 rings (SSSR count). The summed E-state index contributed by atoms with van der Waals surface area (Å²) in [5.41, 5.74) is 4.58. The Bertz CT molecular complexity index is 814. The van der Waals surface area contributed by atoms with Gasteiger partial charge in [-0.3, -0.25) is 0 Å². The van der Waals surface area contributed by atoms with Gasteiger partial charge in [0.05, 0.1) is 11.4 Å². The molecule has 0 spiro atoms. The fourth-order valence-electron chi connectivity index (χ4n) is 2.71. The lowest BCUT2D eigenvalue weighted by Crippen LogP contribution is -1.99. The second kappa shape index (κ2) is 5.85. The number of nitrogens with zero attached hydrogens (tertiary/aromatic N) is 5. The number of thioether (sulfide) groups is 1. The van der Waals surface area contributed by atoms with Crippen LogP contribution in [-0.4, -0.2) is 24.5 Å². The number of hydrogen-bond donors (Lipinski definition) is 0. The van der Waals surface area contributed by atoms with E-state index in [1.54, 1.807) is 11.8 Å². The highest BCUT2D eigenvalue weighted by atomic mass is 32.2. The molecular weight excluding hydrogens is 306 g/mol. The number of rotatable bonds is 5. The molecule has 0 amide bonds. The predicted molar refractivity (Wildman–Crippen MR) is 90.9 cm³/mol. The lowest BCUT2D eigenvalue weighted by Gasteiger charge is -2.07. The van der Waals surface area contributed by atoms with Gasteiger partial charge in [0.2, 0.25) is 0 Å². The van der Waals surface area contributed by atoms with Crippen LogP contribution in [0.1, 0.15) is 35.8 Å². The third kappa shape index (κ3) is 3.03. The molecule has 6 heteroatoms. The molecule has 1 aromatic carbocycles. The Kier molecular flexibility index (Phi) is 3.69. The maximum absolute atomic E-state index is 4.52. The van der Waals surface area contributed by atoms with Gasteiger partial charge in [0.25, 0.3) is 0 Å². The zero-order chi connectivity index (χ0) is 15.8. The minimum Gasteiger partial charge on any atom is -0.306 e. The smallest absolute Gasteiger partial charge is 0.191 e. The Morgan fingerprint density at radius 3 is 2.61 bits per heavy atom. The van der Waals surface area contributed by atoms with E-state index in [1.807, 2.05) is 17.9 Å². The summed E-state index contributed by atoms with van der Waals surface area (Å²) in [5, 5.41) is 13.8. The van der Waals surface area contributed by atoms with Gasteiger partial charge >= 0.3 is 0 Å². The van der Waals surface area contributed by atoms with E-state index in [0.717, 1.165) is 28.0 Å². The number of benzene rings is 1. The van der Waals surface area contributed by atoms with E-state index in [4.69, 9.17) is 0 Å². The maximum Gasteiger partial charge on any atom is 0.191 e.